The van der Waals surface area contributed by atoms with E-state index >= 15 is 0 Å². The van der Waals surface area contributed by atoms with E-state index in [1.807, 2.05) is 13.8 Å². The average molecular weight is 454 g/mol. The normalized spacial score (nSPS) is 14.9. The topological polar surface area (TPSA) is 117 Å². The molecule has 0 aromatic carbocycles. The van der Waals surface area contributed by atoms with Crippen molar-refractivity contribution < 1.29 is 18.4 Å². The summed E-state index contributed by atoms with van der Waals surface area (Å²) in [4.78, 5) is 19.3. The first-order valence-corrected chi connectivity index (χ1v) is 10.7. The highest BCUT2D eigenvalue weighted by atomic mass is 19.1. The van der Waals surface area contributed by atoms with Gasteiger partial charge in [-0.25, -0.2) is 19.0 Å². The standard InChI is InChI=1S/C21H23FN8O3/c1-12(2)18-26-21(33-28-18)29-6-4-14(5-7-29)32-20-24-9-13-10-25-30(19(13)27-20)16-11-23-17(31-3)8-15(16)22/h8-12,14H,4-7H2,1-3H3. The molecule has 1 saturated heterocycles. The number of anilines is 1. The molecule has 0 bridgehead atoms. The van der Waals surface area contributed by atoms with Gasteiger partial charge in [0, 0.05) is 44.1 Å². The van der Waals surface area contributed by atoms with Crippen molar-refractivity contribution >= 4 is 17.0 Å². The second-order valence-corrected chi connectivity index (χ2v) is 8.06. The van der Waals surface area contributed by atoms with Gasteiger partial charge in [-0.15, -0.1) is 0 Å². The van der Waals surface area contributed by atoms with Gasteiger partial charge in [0.1, 0.15) is 11.8 Å². The third kappa shape index (κ3) is 4.15. The van der Waals surface area contributed by atoms with Crippen LogP contribution in [-0.4, -0.2) is 61.2 Å². The minimum absolute atomic E-state index is 0.0676. The lowest BCUT2D eigenvalue weighted by atomic mass is 10.1. The van der Waals surface area contributed by atoms with Crippen molar-refractivity contribution in [3.05, 3.63) is 36.3 Å². The minimum atomic E-state index is -0.526. The smallest absolute Gasteiger partial charge is 0.324 e. The molecule has 5 heterocycles. The first-order chi connectivity index (χ1) is 16.0. The Morgan fingerprint density at radius 2 is 1.94 bits per heavy atom. The quantitative estimate of drug-likeness (QED) is 0.430. The minimum Gasteiger partial charge on any atom is -0.481 e. The van der Waals surface area contributed by atoms with Gasteiger partial charge >= 0.3 is 12.0 Å². The number of ether oxygens (including phenoxy) is 2. The molecule has 4 aromatic heterocycles. The van der Waals surface area contributed by atoms with Crippen LogP contribution in [0.5, 0.6) is 11.9 Å². The second kappa shape index (κ2) is 8.60. The molecule has 1 fully saturated rings. The van der Waals surface area contributed by atoms with E-state index < -0.39 is 5.82 Å². The van der Waals surface area contributed by atoms with Gasteiger partial charge in [-0.3, -0.25) is 0 Å². The van der Waals surface area contributed by atoms with Crippen molar-refractivity contribution in [2.75, 3.05) is 25.1 Å². The number of nitrogens with zero attached hydrogens (tertiary/aromatic N) is 8. The summed E-state index contributed by atoms with van der Waals surface area (Å²) in [5.41, 5.74) is 0.583. The van der Waals surface area contributed by atoms with Crippen LogP contribution >= 0.6 is 0 Å². The molecule has 1 aliphatic heterocycles. The summed E-state index contributed by atoms with van der Waals surface area (Å²) in [5, 5.41) is 8.92. The van der Waals surface area contributed by atoms with Crippen LogP contribution in [0.3, 0.4) is 0 Å². The molecule has 0 radical (unpaired) electrons. The van der Waals surface area contributed by atoms with Gasteiger partial charge < -0.3 is 18.9 Å². The van der Waals surface area contributed by atoms with Gasteiger partial charge in [0.2, 0.25) is 5.88 Å². The molecule has 4 aromatic rings. The fourth-order valence-electron chi connectivity index (χ4n) is 3.61. The highest BCUT2D eigenvalue weighted by Crippen LogP contribution is 2.25. The summed E-state index contributed by atoms with van der Waals surface area (Å²) >= 11 is 0. The second-order valence-electron chi connectivity index (χ2n) is 8.06. The van der Waals surface area contributed by atoms with Crippen LogP contribution in [-0.2, 0) is 0 Å². The molecule has 0 unspecified atom stereocenters. The largest absolute Gasteiger partial charge is 0.481 e. The zero-order valence-corrected chi connectivity index (χ0v) is 18.5. The van der Waals surface area contributed by atoms with Crippen molar-refractivity contribution in [2.24, 2.45) is 0 Å². The van der Waals surface area contributed by atoms with Gasteiger partial charge in [-0.2, -0.15) is 15.1 Å². The molecular formula is C21H23FN8O3. The predicted molar refractivity (Wildman–Crippen MR) is 115 cm³/mol. The van der Waals surface area contributed by atoms with Crippen LogP contribution < -0.4 is 14.4 Å². The molecule has 0 saturated carbocycles. The number of rotatable bonds is 6. The number of aromatic nitrogens is 7. The summed E-state index contributed by atoms with van der Waals surface area (Å²) in [5.74, 6) is 0.567. The lowest BCUT2D eigenvalue weighted by Crippen LogP contribution is -2.38. The van der Waals surface area contributed by atoms with E-state index in [0.717, 1.165) is 12.8 Å². The Hall–Kier alpha value is -3.83. The van der Waals surface area contributed by atoms with Crippen LogP contribution in [0.2, 0.25) is 0 Å². The first-order valence-electron chi connectivity index (χ1n) is 10.7. The van der Waals surface area contributed by atoms with Gasteiger partial charge in [0.25, 0.3) is 0 Å². The molecule has 0 N–H and O–H groups in total. The van der Waals surface area contributed by atoms with E-state index in [0.29, 0.717) is 36.0 Å². The van der Waals surface area contributed by atoms with Gasteiger partial charge in [-0.05, 0) is 0 Å². The Kier molecular flexibility index (Phi) is 5.48. The van der Waals surface area contributed by atoms with Gasteiger partial charge in [-0.1, -0.05) is 19.0 Å². The first kappa shape index (κ1) is 21.0. The highest BCUT2D eigenvalue weighted by molar-refractivity contribution is 5.75. The Morgan fingerprint density at radius 1 is 1.12 bits per heavy atom. The van der Waals surface area contributed by atoms with Gasteiger partial charge in [0.05, 0.1) is 24.9 Å². The van der Waals surface area contributed by atoms with Crippen LogP contribution in [0.4, 0.5) is 10.4 Å². The van der Waals surface area contributed by atoms with Crippen molar-refractivity contribution in [1.29, 1.82) is 0 Å². The third-order valence-electron chi connectivity index (χ3n) is 5.47. The summed E-state index contributed by atoms with van der Waals surface area (Å²) in [7, 11) is 1.43. The third-order valence-corrected chi connectivity index (χ3v) is 5.47. The number of methoxy groups -OCH3 is 1. The fraction of sp³-hybridized carbons (Fsp3) is 0.429. The van der Waals surface area contributed by atoms with Crippen LogP contribution in [0.15, 0.2) is 29.2 Å². The molecule has 5 rings (SSSR count). The molecular weight excluding hydrogens is 431 g/mol. The predicted octanol–water partition coefficient (Wildman–Crippen LogP) is 2.91. The Balaban J connectivity index is 1.29. The molecule has 0 amide bonds. The molecule has 33 heavy (non-hydrogen) atoms. The molecule has 12 heteroatoms. The van der Waals surface area contributed by atoms with E-state index in [1.54, 1.807) is 12.4 Å². The molecule has 0 aliphatic carbocycles. The zero-order chi connectivity index (χ0) is 22.9. The van der Waals surface area contributed by atoms with E-state index in [1.165, 1.54) is 24.1 Å². The Bertz CT molecular complexity index is 1270. The fourth-order valence-corrected chi connectivity index (χ4v) is 3.61. The monoisotopic (exact) mass is 454 g/mol. The molecule has 1 aliphatic rings. The summed E-state index contributed by atoms with van der Waals surface area (Å²) < 4.78 is 32.3. The molecule has 0 atom stereocenters. The maximum Gasteiger partial charge on any atom is 0.324 e. The van der Waals surface area contributed by atoms with Crippen molar-refractivity contribution in [2.45, 2.75) is 38.7 Å². The van der Waals surface area contributed by atoms with Crippen LogP contribution in [0, 0.1) is 5.82 Å². The SMILES string of the molecule is COc1cc(F)c(-n2ncc3cnc(OC4CCN(c5nc(C(C)C)no5)CC4)nc32)cn1. The number of hydrogen-bond acceptors (Lipinski definition) is 10. The number of hydrogen-bond donors (Lipinski definition) is 0. The Morgan fingerprint density at radius 3 is 2.64 bits per heavy atom. The molecule has 0 spiro atoms. The molecule has 172 valence electrons. The van der Waals surface area contributed by atoms with Gasteiger partial charge in [0.15, 0.2) is 17.3 Å². The van der Waals surface area contributed by atoms with Crippen molar-refractivity contribution in [1.82, 2.24) is 34.9 Å². The van der Waals surface area contributed by atoms with E-state index in [-0.39, 0.29) is 29.6 Å². The zero-order valence-electron chi connectivity index (χ0n) is 18.5. The van der Waals surface area contributed by atoms with Crippen LogP contribution in [0.25, 0.3) is 16.7 Å². The number of fused-ring (bicyclic) bond motifs is 1. The summed E-state index contributed by atoms with van der Waals surface area (Å²) in [6.07, 6.45) is 5.95. The summed E-state index contributed by atoms with van der Waals surface area (Å²) in [6.45, 7) is 5.48. The lowest BCUT2D eigenvalue weighted by molar-refractivity contribution is 0.155. The van der Waals surface area contributed by atoms with Crippen molar-refractivity contribution in [3.8, 4) is 17.6 Å². The summed E-state index contributed by atoms with van der Waals surface area (Å²) in [6, 6.07) is 1.95. The van der Waals surface area contributed by atoms with E-state index in [9.17, 15) is 4.39 Å². The van der Waals surface area contributed by atoms with Crippen molar-refractivity contribution in [3.63, 3.8) is 0 Å². The Labute approximate surface area is 188 Å². The number of pyridine rings is 1. The highest BCUT2D eigenvalue weighted by Gasteiger charge is 2.25. The number of piperidine rings is 1. The lowest BCUT2D eigenvalue weighted by Gasteiger charge is -2.30. The van der Waals surface area contributed by atoms with E-state index in [2.05, 4.69) is 35.1 Å². The van der Waals surface area contributed by atoms with Crippen LogP contribution in [0.1, 0.15) is 38.4 Å². The van der Waals surface area contributed by atoms with E-state index in [4.69, 9.17) is 14.0 Å². The number of halogens is 1. The average Bonchev–Trinajstić information content (AvgIpc) is 3.47. The maximum atomic E-state index is 14.5. The maximum absolute atomic E-state index is 14.5. The molecule has 11 nitrogen and oxygen atoms in total.